The van der Waals surface area contributed by atoms with Crippen LogP contribution >= 0.6 is 10.7 Å². The summed E-state index contributed by atoms with van der Waals surface area (Å²) in [6.07, 6.45) is 0. The number of halogens is 1. The molecule has 0 saturated carbocycles. The molecule has 0 aliphatic heterocycles. The summed E-state index contributed by atoms with van der Waals surface area (Å²) in [4.78, 5) is 0.0999. The monoisotopic (exact) mass is 314 g/mol. The Kier molecular flexibility index (Phi) is 4.06. The Balaban J connectivity index is 2.15. The van der Waals surface area contributed by atoms with E-state index < -0.39 is 9.05 Å². The highest BCUT2D eigenvalue weighted by Gasteiger charge is 2.14. The van der Waals surface area contributed by atoms with E-state index in [0.29, 0.717) is 17.9 Å². The van der Waals surface area contributed by atoms with Crippen molar-refractivity contribution in [3.63, 3.8) is 0 Å². The SMILES string of the molecule is Cc1cc(COc2ccc(S(=O)(=O)Cl)c(C)c2)n(C)n1. The Morgan fingerprint density at radius 3 is 2.50 bits per heavy atom. The minimum absolute atomic E-state index is 0.0999. The van der Waals surface area contributed by atoms with Crippen molar-refractivity contribution in [3.05, 3.63) is 41.2 Å². The lowest BCUT2D eigenvalue weighted by Gasteiger charge is -2.08. The second-order valence-electron chi connectivity index (χ2n) is 4.55. The second-order valence-corrected chi connectivity index (χ2v) is 7.09. The molecule has 0 N–H and O–H groups in total. The van der Waals surface area contributed by atoms with Gasteiger partial charge >= 0.3 is 0 Å². The lowest BCUT2D eigenvalue weighted by atomic mass is 10.2. The van der Waals surface area contributed by atoms with Crippen LogP contribution in [0.2, 0.25) is 0 Å². The Bertz CT molecular complexity index is 738. The smallest absolute Gasteiger partial charge is 0.261 e. The molecule has 1 heterocycles. The zero-order valence-corrected chi connectivity index (χ0v) is 13.0. The van der Waals surface area contributed by atoms with Crippen LogP contribution in [0.4, 0.5) is 0 Å². The van der Waals surface area contributed by atoms with Crippen molar-refractivity contribution >= 4 is 19.7 Å². The van der Waals surface area contributed by atoms with Crippen LogP contribution in [0.15, 0.2) is 29.2 Å². The first-order valence-corrected chi connectivity index (χ1v) is 8.26. The molecule has 2 aromatic rings. The Morgan fingerprint density at radius 2 is 2.00 bits per heavy atom. The maximum atomic E-state index is 11.3. The molecule has 0 saturated heterocycles. The normalized spacial score (nSPS) is 11.6. The minimum Gasteiger partial charge on any atom is -0.487 e. The number of hydrogen-bond acceptors (Lipinski definition) is 4. The zero-order chi connectivity index (χ0) is 14.9. The number of aromatic nitrogens is 2. The lowest BCUT2D eigenvalue weighted by Crippen LogP contribution is -2.03. The summed E-state index contributed by atoms with van der Waals surface area (Å²) in [6, 6.07) is 6.62. The van der Waals surface area contributed by atoms with E-state index in [1.165, 1.54) is 6.07 Å². The van der Waals surface area contributed by atoms with Crippen molar-refractivity contribution in [1.82, 2.24) is 9.78 Å². The second kappa shape index (κ2) is 5.46. The first-order chi connectivity index (χ1) is 9.27. The summed E-state index contributed by atoms with van der Waals surface area (Å²) in [7, 11) is 3.46. The van der Waals surface area contributed by atoms with Gasteiger partial charge in [0, 0.05) is 17.7 Å². The third-order valence-corrected chi connectivity index (χ3v) is 4.38. The largest absolute Gasteiger partial charge is 0.487 e. The van der Waals surface area contributed by atoms with E-state index in [0.717, 1.165) is 11.4 Å². The first kappa shape index (κ1) is 14.9. The lowest BCUT2D eigenvalue weighted by molar-refractivity contribution is 0.294. The van der Waals surface area contributed by atoms with Gasteiger partial charge in [-0.1, -0.05) is 0 Å². The van der Waals surface area contributed by atoms with Gasteiger partial charge in [0.25, 0.3) is 9.05 Å². The van der Waals surface area contributed by atoms with E-state index in [1.54, 1.807) is 23.7 Å². The van der Waals surface area contributed by atoms with Gasteiger partial charge in [-0.3, -0.25) is 4.68 Å². The standard InChI is InChI=1S/C13H15ClN2O3S/c1-9-6-12(4-5-13(9)20(14,17)18)19-8-11-7-10(2)15-16(11)3/h4-7H,8H2,1-3H3. The number of benzene rings is 1. The Morgan fingerprint density at radius 1 is 1.30 bits per heavy atom. The molecule has 1 aromatic heterocycles. The van der Waals surface area contributed by atoms with Gasteiger partial charge in [0.15, 0.2) is 0 Å². The fraction of sp³-hybridized carbons (Fsp3) is 0.308. The van der Waals surface area contributed by atoms with Gasteiger partial charge in [-0.25, -0.2) is 8.42 Å². The van der Waals surface area contributed by atoms with Crippen molar-refractivity contribution in [1.29, 1.82) is 0 Å². The quantitative estimate of drug-likeness (QED) is 0.814. The number of ether oxygens (including phenoxy) is 1. The van der Waals surface area contributed by atoms with Crippen LogP contribution in [0.5, 0.6) is 5.75 Å². The summed E-state index contributed by atoms with van der Waals surface area (Å²) in [6.45, 7) is 3.95. The zero-order valence-electron chi connectivity index (χ0n) is 11.4. The fourth-order valence-electron chi connectivity index (χ4n) is 1.94. The molecule has 108 valence electrons. The maximum Gasteiger partial charge on any atom is 0.261 e. The predicted octanol–water partition coefficient (Wildman–Crippen LogP) is 2.54. The van der Waals surface area contributed by atoms with Gasteiger partial charge in [0.2, 0.25) is 0 Å². The van der Waals surface area contributed by atoms with Crippen LogP contribution in [-0.2, 0) is 22.7 Å². The van der Waals surface area contributed by atoms with Gasteiger partial charge in [0.05, 0.1) is 16.3 Å². The van der Waals surface area contributed by atoms with Crippen LogP contribution in [-0.4, -0.2) is 18.2 Å². The van der Waals surface area contributed by atoms with Crippen molar-refractivity contribution in [3.8, 4) is 5.75 Å². The fourth-order valence-corrected chi connectivity index (χ4v) is 3.14. The minimum atomic E-state index is -3.72. The molecule has 7 heteroatoms. The molecule has 1 aromatic carbocycles. The molecule has 0 atom stereocenters. The molecular formula is C13H15ClN2O3S. The number of hydrogen-bond donors (Lipinski definition) is 0. The van der Waals surface area contributed by atoms with Gasteiger partial charge in [0.1, 0.15) is 12.4 Å². The summed E-state index contributed by atoms with van der Waals surface area (Å²) in [5, 5.41) is 4.23. The molecule has 0 bridgehead atoms. The molecule has 0 radical (unpaired) electrons. The van der Waals surface area contributed by atoms with E-state index in [-0.39, 0.29) is 4.90 Å². The molecule has 0 aliphatic rings. The van der Waals surface area contributed by atoms with E-state index in [1.807, 2.05) is 20.0 Å². The topological polar surface area (TPSA) is 61.2 Å². The maximum absolute atomic E-state index is 11.3. The van der Waals surface area contributed by atoms with E-state index in [2.05, 4.69) is 5.10 Å². The number of nitrogens with zero attached hydrogens (tertiary/aromatic N) is 2. The summed E-state index contributed by atoms with van der Waals surface area (Å²) in [5.41, 5.74) is 2.42. The van der Waals surface area contributed by atoms with Crippen LogP contribution in [0, 0.1) is 13.8 Å². The van der Waals surface area contributed by atoms with Gasteiger partial charge in [-0.2, -0.15) is 5.10 Å². The van der Waals surface area contributed by atoms with Crippen LogP contribution in [0.25, 0.3) is 0 Å². The van der Waals surface area contributed by atoms with Crippen LogP contribution < -0.4 is 4.74 Å². The molecule has 0 spiro atoms. The molecular weight excluding hydrogens is 300 g/mol. The molecule has 0 fully saturated rings. The third kappa shape index (κ3) is 3.32. The van der Waals surface area contributed by atoms with Gasteiger partial charge < -0.3 is 4.74 Å². The molecule has 20 heavy (non-hydrogen) atoms. The molecule has 0 unspecified atom stereocenters. The molecule has 2 rings (SSSR count). The predicted molar refractivity (Wildman–Crippen MR) is 76.5 cm³/mol. The summed E-state index contributed by atoms with van der Waals surface area (Å²) in [5.74, 6) is 0.588. The average Bonchev–Trinajstić information content (AvgIpc) is 2.63. The Labute approximate surface area is 122 Å². The van der Waals surface area contributed by atoms with Crippen molar-refractivity contribution in [2.24, 2.45) is 7.05 Å². The van der Waals surface area contributed by atoms with Gasteiger partial charge in [-0.15, -0.1) is 0 Å². The van der Waals surface area contributed by atoms with E-state index in [4.69, 9.17) is 15.4 Å². The third-order valence-electron chi connectivity index (χ3n) is 2.89. The van der Waals surface area contributed by atoms with Crippen molar-refractivity contribution in [2.75, 3.05) is 0 Å². The molecule has 5 nitrogen and oxygen atoms in total. The highest BCUT2D eigenvalue weighted by atomic mass is 35.7. The Hall–Kier alpha value is -1.53. The number of rotatable bonds is 4. The first-order valence-electron chi connectivity index (χ1n) is 5.95. The highest BCUT2D eigenvalue weighted by Crippen LogP contribution is 2.24. The summed E-state index contributed by atoms with van der Waals surface area (Å²) >= 11 is 0. The van der Waals surface area contributed by atoms with Crippen LogP contribution in [0.3, 0.4) is 0 Å². The highest BCUT2D eigenvalue weighted by molar-refractivity contribution is 8.13. The van der Waals surface area contributed by atoms with Crippen LogP contribution in [0.1, 0.15) is 17.0 Å². The average molecular weight is 315 g/mol. The van der Waals surface area contributed by atoms with Gasteiger partial charge in [-0.05, 0) is 43.7 Å². The number of aryl methyl sites for hydroxylation is 3. The summed E-state index contributed by atoms with van der Waals surface area (Å²) < 4.78 is 30.0. The molecule has 0 amide bonds. The van der Waals surface area contributed by atoms with E-state index >= 15 is 0 Å². The van der Waals surface area contributed by atoms with Crippen molar-refractivity contribution < 1.29 is 13.2 Å². The van der Waals surface area contributed by atoms with Crippen molar-refractivity contribution in [2.45, 2.75) is 25.3 Å². The molecule has 0 aliphatic carbocycles. The van der Waals surface area contributed by atoms with E-state index in [9.17, 15) is 8.42 Å².